The fourth-order valence-corrected chi connectivity index (χ4v) is 4.27. The molecule has 3 aromatic rings. The average Bonchev–Trinajstić information content (AvgIpc) is 2.82. The SMILES string of the molecule is CC[C@@H]1C(=N)N(C(C)=N)c2cnc(-c3nccnc3-c3ccc(C(F)(F)F)cc3)nc2N1C(C)C. The van der Waals surface area contributed by atoms with E-state index < -0.39 is 11.7 Å². The van der Waals surface area contributed by atoms with Crippen LogP contribution in [0.4, 0.5) is 24.7 Å². The normalized spacial score (nSPS) is 16.0. The second kappa shape index (κ2) is 9.05. The molecule has 0 unspecified atom stereocenters. The Hall–Kier alpha value is -3.89. The monoisotopic (exact) mass is 482 g/mol. The lowest BCUT2D eigenvalue weighted by molar-refractivity contribution is -0.137. The van der Waals surface area contributed by atoms with Gasteiger partial charge in [-0.1, -0.05) is 19.1 Å². The summed E-state index contributed by atoms with van der Waals surface area (Å²) in [6, 6.07) is 4.43. The summed E-state index contributed by atoms with van der Waals surface area (Å²) < 4.78 is 39.1. The van der Waals surface area contributed by atoms with Gasteiger partial charge in [0.25, 0.3) is 0 Å². The van der Waals surface area contributed by atoms with Crippen LogP contribution in [0.5, 0.6) is 0 Å². The first-order valence-corrected chi connectivity index (χ1v) is 11.1. The van der Waals surface area contributed by atoms with Crippen LogP contribution in [-0.2, 0) is 6.18 Å². The number of anilines is 2. The summed E-state index contributed by atoms with van der Waals surface area (Å²) in [5, 5.41) is 16.9. The zero-order valence-corrected chi connectivity index (χ0v) is 19.7. The summed E-state index contributed by atoms with van der Waals surface area (Å²) >= 11 is 0. The van der Waals surface area contributed by atoms with Crippen LogP contribution in [-0.4, -0.2) is 43.7 Å². The van der Waals surface area contributed by atoms with Crippen LogP contribution in [0.15, 0.2) is 42.9 Å². The molecule has 0 saturated heterocycles. The molecule has 1 aliphatic rings. The summed E-state index contributed by atoms with van der Waals surface area (Å²) in [5.41, 5.74) is 0.899. The molecule has 0 fully saturated rings. The maximum Gasteiger partial charge on any atom is 0.416 e. The van der Waals surface area contributed by atoms with Crippen LogP contribution in [0.25, 0.3) is 22.8 Å². The topological polar surface area (TPSA) is 106 Å². The van der Waals surface area contributed by atoms with Gasteiger partial charge in [0.15, 0.2) is 11.6 Å². The Kier molecular flexibility index (Phi) is 6.27. The van der Waals surface area contributed by atoms with E-state index in [-0.39, 0.29) is 29.6 Å². The Morgan fingerprint density at radius 2 is 1.69 bits per heavy atom. The third kappa shape index (κ3) is 4.33. The van der Waals surface area contributed by atoms with Gasteiger partial charge in [0.05, 0.1) is 23.5 Å². The van der Waals surface area contributed by atoms with Gasteiger partial charge in [-0.25, -0.2) is 15.0 Å². The van der Waals surface area contributed by atoms with E-state index in [1.807, 2.05) is 25.7 Å². The molecule has 2 N–H and O–H groups in total. The van der Waals surface area contributed by atoms with Gasteiger partial charge in [0.1, 0.15) is 23.1 Å². The molecule has 8 nitrogen and oxygen atoms in total. The second-order valence-electron chi connectivity index (χ2n) is 8.46. The molecule has 0 amide bonds. The molecule has 4 rings (SSSR count). The molecule has 35 heavy (non-hydrogen) atoms. The first-order valence-electron chi connectivity index (χ1n) is 11.1. The standard InChI is InChI=1S/C24H25F3N8/c1-5-17-21(29)35(14(4)28)18-12-32-22(33-23(18)34(17)13(2)3)20-19(30-10-11-31-20)15-6-8-16(9-7-15)24(25,26)27/h6-13,17,28-29H,5H2,1-4H3/t17-/m1/s1. The van der Waals surface area contributed by atoms with E-state index in [4.69, 9.17) is 15.8 Å². The molecule has 1 atom stereocenters. The van der Waals surface area contributed by atoms with Crippen molar-refractivity contribution in [2.75, 3.05) is 9.80 Å². The van der Waals surface area contributed by atoms with Gasteiger partial charge in [0, 0.05) is 24.0 Å². The van der Waals surface area contributed by atoms with Gasteiger partial charge in [0.2, 0.25) is 0 Å². The molecule has 1 aromatic carbocycles. The van der Waals surface area contributed by atoms with Crippen LogP contribution in [0.2, 0.25) is 0 Å². The Balaban J connectivity index is 1.86. The van der Waals surface area contributed by atoms with Crippen LogP contribution in [0.1, 0.15) is 39.7 Å². The van der Waals surface area contributed by atoms with E-state index in [9.17, 15) is 13.2 Å². The fourth-order valence-electron chi connectivity index (χ4n) is 4.27. The minimum Gasteiger partial charge on any atom is -0.342 e. The summed E-state index contributed by atoms with van der Waals surface area (Å²) in [7, 11) is 0. The van der Waals surface area contributed by atoms with Gasteiger partial charge >= 0.3 is 6.18 Å². The van der Waals surface area contributed by atoms with Crippen molar-refractivity contribution in [1.82, 2.24) is 19.9 Å². The third-order valence-electron chi connectivity index (χ3n) is 5.80. The quantitative estimate of drug-likeness (QED) is 0.381. The van der Waals surface area contributed by atoms with Gasteiger partial charge in [-0.15, -0.1) is 0 Å². The summed E-state index contributed by atoms with van der Waals surface area (Å²) in [4.78, 5) is 21.6. The van der Waals surface area contributed by atoms with Crippen LogP contribution in [0.3, 0.4) is 0 Å². The minimum atomic E-state index is -4.44. The number of halogens is 3. The fraction of sp³-hybridized carbons (Fsp3) is 0.333. The molecule has 11 heteroatoms. The van der Waals surface area contributed by atoms with Gasteiger partial charge in [-0.05, 0) is 39.3 Å². The molecular weight excluding hydrogens is 457 g/mol. The molecule has 1 aliphatic heterocycles. The number of nitrogens with one attached hydrogen (secondary N) is 2. The predicted octanol–water partition coefficient (Wildman–Crippen LogP) is 5.41. The van der Waals surface area contributed by atoms with Crippen molar-refractivity contribution in [3.05, 3.63) is 48.4 Å². The van der Waals surface area contributed by atoms with Crippen molar-refractivity contribution in [3.8, 4) is 22.8 Å². The maximum atomic E-state index is 13.0. The number of fused-ring (bicyclic) bond motifs is 1. The lowest BCUT2D eigenvalue weighted by Crippen LogP contribution is -2.56. The van der Waals surface area contributed by atoms with Crippen LogP contribution in [0, 0.1) is 10.8 Å². The lowest BCUT2D eigenvalue weighted by atomic mass is 10.0. The Morgan fingerprint density at radius 1 is 1.06 bits per heavy atom. The molecule has 2 aromatic heterocycles. The first-order chi connectivity index (χ1) is 16.5. The molecule has 0 saturated carbocycles. The number of alkyl halides is 3. The number of benzene rings is 1. The van der Waals surface area contributed by atoms with Gasteiger partial charge in [-0.3, -0.25) is 20.7 Å². The molecule has 0 aliphatic carbocycles. The Labute approximate surface area is 200 Å². The van der Waals surface area contributed by atoms with Gasteiger partial charge in [-0.2, -0.15) is 13.2 Å². The number of aromatic nitrogens is 4. The third-order valence-corrected chi connectivity index (χ3v) is 5.80. The number of hydrogen-bond donors (Lipinski definition) is 2. The van der Waals surface area contributed by atoms with Crippen LogP contribution >= 0.6 is 0 Å². The van der Waals surface area contributed by atoms with Gasteiger partial charge < -0.3 is 4.90 Å². The minimum absolute atomic E-state index is 0.00577. The number of nitrogens with zero attached hydrogens (tertiary/aromatic N) is 6. The highest BCUT2D eigenvalue weighted by molar-refractivity contribution is 6.21. The van der Waals surface area contributed by atoms with Crippen molar-refractivity contribution in [3.63, 3.8) is 0 Å². The summed E-state index contributed by atoms with van der Waals surface area (Å²) in [6.45, 7) is 7.59. The largest absolute Gasteiger partial charge is 0.416 e. The van der Waals surface area contributed by atoms with Crippen molar-refractivity contribution in [2.24, 2.45) is 0 Å². The molecule has 3 heterocycles. The lowest BCUT2D eigenvalue weighted by Gasteiger charge is -2.45. The Bertz CT molecular complexity index is 1270. The molecule has 0 radical (unpaired) electrons. The van der Waals surface area contributed by atoms with E-state index in [0.29, 0.717) is 34.9 Å². The second-order valence-corrected chi connectivity index (χ2v) is 8.46. The highest BCUT2D eigenvalue weighted by atomic mass is 19.4. The predicted molar refractivity (Wildman–Crippen MR) is 129 cm³/mol. The molecular formula is C24H25F3N8. The number of hydrogen-bond acceptors (Lipinski definition) is 7. The van der Waals surface area contributed by atoms with E-state index in [1.165, 1.54) is 29.4 Å². The number of rotatable bonds is 4. The highest BCUT2D eigenvalue weighted by Crippen LogP contribution is 2.39. The molecule has 182 valence electrons. The molecule has 0 spiro atoms. The summed E-state index contributed by atoms with van der Waals surface area (Å²) in [5.74, 6) is 1.27. The van der Waals surface area contributed by atoms with Crippen molar-refractivity contribution < 1.29 is 13.2 Å². The van der Waals surface area contributed by atoms with E-state index in [1.54, 1.807) is 13.1 Å². The smallest absolute Gasteiger partial charge is 0.342 e. The zero-order valence-electron chi connectivity index (χ0n) is 19.7. The Morgan fingerprint density at radius 3 is 2.23 bits per heavy atom. The maximum absolute atomic E-state index is 13.0. The van der Waals surface area contributed by atoms with E-state index in [2.05, 4.69) is 15.0 Å². The first kappa shape index (κ1) is 24.2. The average molecular weight is 483 g/mol. The summed E-state index contributed by atoms with van der Waals surface area (Å²) in [6.07, 6.45) is 0.695. The van der Waals surface area contributed by atoms with Crippen molar-refractivity contribution in [2.45, 2.75) is 52.4 Å². The number of amidine groups is 2. The van der Waals surface area contributed by atoms with E-state index in [0.717, 1.165) is 12.1 Å². The van der Waals surface area contributed by atoms with Crippen molar-refractivity contribution in [1.29, 1.82) is 10.8 Å². The zero-order chi connectivity index (χ0) is 25.5. The van der Waals surface area contributed by atoms with E-state index >= 15 is 0 Å². The van der Waals surface area contributed by atoms with Crippen LogP contribution < -0.4 is 9.80 Å². The van der Waals surface area contributed by atoms with Crippen molar-refractivity contribution >= 4 is 23.2 Å². The highest BCUT2D eigenvalue weighted by Gasteiger charge is 2.38. The molecule has 0 bridgehead atoms.